The fraction of sp³-hybridized carbons (Fsp3) is 0.435. The number of thioether (sulfide) groups is 1. The number of benzene rings is 2. The zero-order valence-electron chi connectivity index (χ0n) is 16.4. The second-order valence-corrected chi connectivity index (χ2v) is 11.0. The highest BCUT2D eigenvalue weighted by molar-refractivity contribution is 8.13. The molecule has 1 aliphatic carbocycles. The molecule has 3 atom stereocenters. The maximum atomic E-state index is 13.2. The molecule has 6 heteroatoms. The van der Waals surface area contributed by atoms with Gasteiger partial charge in [0.15, 0.2) is 0 Å². The van der Waals surface area contributed by atoms with Crippen molar-refractivity contribution in [1.82, 2.24) is 4.31 Å². The molecule has 1 saturated carbocycles. The molecule has 4 nitrogen and oxygen atoms in total. The lowest BCUT2D eigenvalue weighted by Crippen LogP contribution is -2.48. The third-order valence-corrected chi connectivity index (χ3v) is 8.86. The molecule has 0 amide bonds. The second-order valence-electron chi connectivity index (χ2n) is 8.00. The first-order chi connectivity index (χ1) is 14.0. The predicted octanol–water partition coefficient (Wildman–Crippen LogP) is 4.26. The Kier molecular flexibility index (Phi) is 6.42. The van der Waals surface area contributed by atoms with Crippen molar-refractivity contribution in [3.8, 4) is 0 Å². The van der Waals surface area contributed by atoms with Gasteiger partial charge >= 0.3 is 0 Å². The maximum Gasteiger partial charge on any atom is 0.219 e. The van der Waals surface area contributed by atoms with E-state index in [1.807, 2.05) is 48.5 Å². The molecule has 2 bridgehead atoms. The molecule has 2 aliphatic rings. The van der Waals surface area contributed by atoms with E-state index >= 15 is 0 Å². The zero-order valence-corrected chi connectivity index (χ0v) is 18.1. The molecule has 2 aromatic carbocycles. The summed E-state index contributed by atoms with van der Waals surface area (Å²) >= 11 is 1.31. The van der Waals surface area contributed by atoms with Gasteiger partial charge in [-0.2, -0.15) is 4.31 Å². The summed E-state index contributed by atoms with van der Waals surface area (Å²) in [5.74, 6) is 0.882. The topological polar surface area (TPSA) is 54.5 Å². The Balaban J connectivity index is 1.39. The Labute approximate surface area is 177 Å². The summed E-state index contributed by atoms with van der Waals surface area (Å²) in [5.41, 5.74) is 2.05. The van der Waals surface area contributed by atoms with Crippen LogP contribution in [0, 0.1) is 5.92 Å². The fourth-order valence-electron chi connectivity index (χ4n) is 4.68. The lowest BCUT2D eigenvalue weighted by molar-refractivity contribution is -0.115. The lowest BCUT2D eigenvalue weighted by atomic mass is 10.0. The number of aryl methyl sites for hydroxylation is 1. The number of hydrogen-bond donors (Lipinski definition) is 0. The van der Waals surface area contributed by atoms with Crippen LogP contribution >= 0.6 is 11.8 Å². The van der Waals surface area contributed by atoms with E-state index in [2.05, 4.69) is 12.1 Å². The van der Waals surface area contributed by atoms with Crippen LogP contribution in [0.25, 0.3) is 0 Å². The molecule has 0 aromatic heterocycles. The van der Waals surface area contributed by atoms with Crippen molar-refractivity contribution in [2.24, 2.45) is 5.92 Å². The smallest absolute Gasteiger partial charge is 0.219 e. The van der Waals surface area contributed by atoms with Crippen LogP contribution in [0.5, 0.6) is 0 Å². The average molecular weight is 430 g/mol. The van der Waals surface area contributed by atoms with E-state index in [4.69, 9.17) is 0 Å². The maximum absolute atomic E-state index is 13.2. The molecular weight excluding hydrogens is 402 g/mol. The van der Waals surface area contributed by atoms with Crippen molar-refractivity contribution in [2.75, 3.05) is 5.75 Å². The number of carbonyl (C=O) groups excluding carboxylic acids is 1. The van der Waals surface area contributed by atoms with Crippen LogP contribution in [0.1, 0.15) is 36.8 Å². The Morgan fingerprint density at radius 2 is 1.62 bits per heavy atom. The molecule has 0 radical (unpaired) electrons. The Bertz CT molecular complexity index is 931. The first-order valence-corrected chi connectivity index (χ1v) is 12.9. The van der Waals surface area contributed by atoms with Crippen LogP contribution < -0.4 is 0 Å². The van der Waals surface area contributed by atoms with Gasteiger partial charge < -0.3 is 0 Å². The van der Waals surface area contributed by atoms with Crippen molar-refractivity contribution >= 4 is 26.9 Å². The normalized spacial score (nSPS) is 24.1. The van der Waals surface area contributed by atoms with Crippen molar-refractivity contribution in [2.45, 2.75) is 49.9 Å². The number of fused-ring (bicyclic) bond motifs is 2. The quantitative estimate of drug-likeness (QED) is 0.588. The summed E-state index contributed by atoms with van der Waals surface area (Å²) < 4.78 is 27.9. The molecule has 0 spiro atoms. The van der Waals surface area contributed by atoms with E-state index in [-0.39, 0.29) is 22.8 Å². The first kappa shape index (κ1) is 20.6. The number of rotatable bonds is 8. The molecule has 29 heavy (non-hydrogen) atoms. The SMILES string of the molecule is O=C(SCCCc1ccccc1)[C@@H]1C2CCC(C2)N1S(=O)(=O)Cc1ccccc1. The number of piperidine rings is 1. The number of nitrogens with zero attached hydrogens (tertiary/aromatic N) is 1. The Hall–Kier alpha value is -1.63. The van der Waals surface area contributed by atoms with Crippen molar-refractivity contribution in [3.05, 3.63) is 71.8 Å². The van der Waals surface area contributed by atoms with Crippen LogP contribution in [0.15, 0.2) is 60.7 Å². The van der Waals surface area contributed by atoms with E-state index < -0.39 is 16.1 Å². The first-order valence-electron chi connectivity index (χ1n) is 10.3. The van der Waals surface area contributed by atoms with Crippen LogP contribution in [0.3, 0.4) is 0 Å². The number of carbonyl (C=O) groups is 1. The van der Waals surface area contributed by atoms with Crippen LogP contribution in [-0.4, -0.2) is 35.7 Å². The van der Waals surface area contributed by atoms with Gasteiger partial charge in [-0.3, -0.25) is 4.79 Å². The van der Waals surface area contributed by atoms with Gasteiger partial charge in [-0.1, -0.05) is 72.4 Å². The minimum Gasteiger partial charge on any atom is -0.285 e. The molecule has 1 aliphatic heterocycles. The summed E-state index contributed by atoms with van der Waals surface area (Å²) in [7, 11) is -3.51. The third-order valence-electron chi connectivity index (χ3n) is 5.98. The molecule has 0 N–H and O–H groups in total. The summed E-state index contributed by atoms with van der Waals surface area (Å²) in [6.45, 7) is 0. The molecule has 4 rings (SSSR count). The summed E-state index contributed by atoms with van der Waals surface area (Å²) in [6, 6.07) is 19.0. The van der Waals surface area contributed by atoms with E-state index in [0.717, 1.165) is 43.4 Å². The third kappa shape index (κ3) is 4.76. The summed E-state index contributed by atoms with van der Waals surface area (Å²) in [6.07, 6.45) is 4.52. The second kappa shape index (κ2) is 9.02. The van der Waals surface area contributed by atoms with Gasteiger partial charge in [0.1, 0.15) is 0 Å². The van der Waals surface area contributed by atoms with E-state index in [0.29, 0.717) is 0 Å². The minimum atomic E-state index is -3.51. The highest BCUT2D eigenvalue weighted by Gasteiger charge is 2.53. The van der Waals surface area contributed by atoms with Crippen molar-refractivity contribution < 1.29 is 13.2 Å². The Morgan fingerprint density at radius 3 is 2.31 bits per heavy atom. The molecular formula is C23H27NO3S2. The monoisotopic (exact) mass is 429 g/mol. The molecule has 2 unspecified atom stereocenters. The van der Waals surface area contributed by atoms with Crippen molar-refractivity contribution in [1.29, 1.82) is 0 Å². The number of sulfonamides is 1. The fourth-order valence-corrected chi connectivity index (χ4v) is 7.74. The largest absolute Gasteiger partial charge is 0.285 e. The van der Waals surface area contributed by atoms with Gasteiger partial charge in [-0.05, 0) is 49.1 Å². The van der Waals surface area contributed by atoms with Gasteiger partial charge in [0.2, 0.25) is 15.1 Å². The lowest BCUT2D eigenvalue weighted by Gasteiger charge is -2.33. The van der Waals surface area contributed by atoms with Gasteiger partial charge in [0, 0.05) is 11.8 Å². The summed E-state index contributed by atoms with van der Waals surface area (Å²) in [4.78, 5) is 13.0. The highest BCUT2D eigenvalue weighted by atomic mass is 32.2. The summed E-state index contributed by atoms with van der Waals surface area (Å²) in [5, 5.41) is 0.0295. The zero-order chi connectivity index (χ0) is 20.3. The van der Waals surface area contributed by atoms with Crippen LogP contribution in [0.4, 0.5) is 0 Å². The van der Waals surface area contributed by atoms with Crippen LogP contribution in [0.2, 0.25) is 0 Å². The molecule has 154 valence electrons. The highest BCUT2D eigenvalue weighted by Crippen LogP contribution is 2.46. The molecule has 1 saturated heterocycles. The Morgan fingerprint density at radius 1 is 0.966 bits per heavy atom. The number of hydrogen-bond acceptors (Lipinski definition) is 4. The van der Waals surface area contributed by atoms with E-state index in [1.54, 1.807) is 4.31 Å². The van der Waals surface area contributed by atoms with Gasteiger partial charge in [0.25, 0.3) is 0 Å². The van der Waals surface area contributed by atoms with Crippen LogP contribution in [-0.2, 0) is 27.0 Å². The molecule has 1 heterocycles. The van der Waals surface area contributed by atoms with Crippen molar-refractivity contribution in [3.63, 3.8) is 0 Å². The average Bonchev–Trinajstić information content (AvgIpc) is 3.34. The van der Waals surface area contributed by atoms with Gasteiger partial charge in [-0.25, -0.2) is 8.42 Å². The minimum absolute atomic E-state index is 0.00687. The molecule has 2 fully saturated rings. The van der Waals surface area contributed by atoms with Gasteiger partial charge in [-0.15, -0.1) is 0 Å². The molecule has 2 aromatic rings. The predicted molar refractivity (Wildman–Crippen MR) is 118 cm³/mol. The van der Waals surface area contributed by atoms with E-state index in [1.165, 1.54) is 17.3 Å². The standard InChI is InChI=1S/C23H27NO3S2/c25-23(28-15-7-12-18-8-3-1-4-9-18)22-20-13-14-21(16-20)24(22)29(26,27)17-19-10-5-2-6-11-19/h1-6,8-11,20-22H,7,12-17H2/t20?,21?,22-/m0/s1. The van der Waals surface area contributed by atoms with Gasteiger partial charge in [0.05, 0.1) is 11.8 Å². The van der Waals surface area contributed by atoms with E-state index in [9.17, 15) is 13.2 Å².